The molecule has 3 rings (SSSR count). The van der Waals surface area contributed by atoms with Crippen molar-refractivity contribution in [1.82, 2.24) is 4.31 Å². The van der Waals surface area contributed by atoms with Crippen LogP contribution in [0.15, 0.2) is 47.4 Å². The molecule has 0 aliphatic carbocycles. The topological polar surface area (TPSA) is 49.9 Å². The van der Waals surface area contributed by atoms with Crippen molar-refractivity contribution in [2.75, 3.05) is 37.7 Å². The van der Waals surface area contributed by atoms with Crippen molar-refractivity contribution < 1.29 is 13.2 Å². The highest BCUT2D eigenvalue weighted by molar-refractivity contribution is 7.89. The van der Waals surface area contributed by atoms with Gasteiger partial charge in [0.05, 0.1) is 18.1 Å². The number of rotatable bonds is 6. The van der Waals surface area contributed by atoms with Crippen molar-refractivity contribution in [3.8, 4) is 0 Å². The van der Waals surface area contributed by atoms with Crippen molar-refractivity contribution >= 4 is 15.7 Å². The van der Waals surface area contributed by atoms with E-state index in [-0.39, 0.29) is 0 Å². The van der Waals surface area contributed by atoms with Gasteiger partial charge in [0.2, 0.25) is 10.0 Å². The molecule has 0 amide bonds. The van der Waals surface area contributed by atoms with Gasteiger partial charge in [-0.15, -0.1) is 0 Å². The Labute approximate surface area is 162 Å². The van der Waals surface area contributed by atoms with Crippen LogP contribution >= 0.6 is 0 Å². The fraction of sp³-hybridized carbons (Fsp3) is 0.429. The molecule has 146 valence electrons. The van der Waals surface area contributed by atoms with Gasteiger partial charge in [-0.3, -0.25) is 0 Å². The first-order valence-electron chi connectivity index (χ1n) is 9.40. The first-order chi connectivity index (χ1) is 12.9. The molecule has 0 radical (unpaired) electrons. The van der Waals surface area contributed by atoms with E-state index < -0.39 is 10.0 Å². The van der Waals surface area contributed by atoms with Gasteiger partial charge in [0.15, 0.2) is 0 Å². The zero-order valence-corrected chi connectivity index (χ0v) is 17.1. The maximum Gasteiger partial charge on any atom is 0.243 e. The average molecular weight is 389 g/mol. The second-order valence-electron chi connectivity index (χ2n) is 7.02. The van der Waals surface area contributed by atoms with Crippen molar-refractivity contribution in [2.45, 2.75) is 32.2 Å². The Kier molecular flexibility index (Phi) is 6.19. The van der Waals surface area contributed by atoms with Gasteiger partial charge in [-0.2, -0.15) is 4.31 Å². The molecule has 1 aliphatic heterocycles. The van der Waals surface area contributed by atoms with Crippen LogP contribution in [0.1, 0.15) is 23.6 Å². The minimum Gasteiger partial charge on any atom is -0.379 e. The molecule has 1 fully saturated rings. The third-order valence-corrected chi connectivity index (χ3v) is 6.73. The average Bonchev–Trinajstić information content (AvgIpc) is 2.66. The number of ether oxygens (including phenoxy) is 1. The van der Waals surface area contributed by atoms with E-state index in [1.165, 1.54) is 15.4 Å². The molecule has 0 aromatic heterocycles. The lowest BCUT2D eigenvalue weighted by molar-refractivity contribution is 0.0730. The van der Waals surface area contributed by atoms with E-state index in [0.29, 0.717) is 37.7 Å². The Morgan fingerprint density at radius 1 is 1.04 bits per heavy atom. The summed E-state index contributed by atoms with van der Waals surface area (Å²) in [7, 11) is -3.47. The summed E-state index contributed by atoms with van der Waals surface area (Å²) < 4.78 is 32.6. The number of hydrogen-bond donors (Lipinski definition) is 0. The van der Waals surface area contributed by atoms with Crippen LogP contribution in [0, 0.1) is 13.8 Å². The van der Waals surface area contributed by atoms with Crippen LogP contribution in [0.2, 0.25) is 0 Å². The number of hydrogen-bond acceptors (Lipinski definition) is 4. The summed E-state index contributed by atoms with van der Waals surface area (Å²) in [6.07, 6.45) is 0. The molecule has 2 aromatic carbocycles. The van der Waals surface area contributed by atoms with Gasteiger partial charge >= 0.3 is 0 Å². The molecule has 0 unspecified atom stereocenters. The van der Waals surface area contributed by atoms with Crippen molar-refractivity contribution in [1.29, 1.82) is 0 Å². The predicted octanol–water partition coefficient (Wildman–Crippen LogP) is 3.35. The van der Waals surface area contributed by atoms with Crippen LogP contribution in [0.4, 0.5) is 5.69 Å². The summed E-state index contributed by atoms with van der Waals surface area (Å²) in [5, 5.41) is 0. The SMILES string of the molecule is CCN(Cc1cccc(S(=O)(=O)N2CCOCC2)c1)c1cc(C)cc(C)c1. The lowest BCUT2D eigenvalue weighted by atomic mass is 10.1. The summed E-state index contributed by atoms with van der Waals surface area (Å²) in [4.78, 5) is 2.62. The Morgan fingerprint density at radius 3 is 2.33 bits per heavy atom. The minimum atomic E-state index is -3.47. The number of sulfonamides is 1. The van der Waals surface area contributed by atoms with Crippen LogP contribution in [-0.4, -0.2) is 45.6 Å². The molecule has 1 aliphatic rings. The fourth-order valence-electron chi connectivity index (χ4n) is 3.48. The standard InChI is InChI=1S/C21H28N2O3S/c1-4-22(20-13-17(2)12-18(3)14-20)16-19-6-5-7-21(15-19)27(24,25)23-8-10-26-11-9-23/h5-7,12-15H,4,8-11,16H2,1-3H3. The predicted molar refractivity (Wildman–Crippen MR) is 109 cm³/mol. The molecule has 1 saturated heterocycles. The lowest BCUT2D eigenvalue weighted by Crippen LogP contribution is -2.40. The van der Waals surface area contributed by atoms with Gasteiger partial charge in [-0.1, -0.05) is 18.2 Å². The van der Waals surface area contributed by atoms with Gasteiger partial charge in [-0.25, -0.2) is 8.42 Å². The lowest BCUT2D eigenvalue weighted by Gasteiger charge is -2.27. The Bertz CT molecular complexity index is 870. The van der Waals surface area contributed by atoms with Crippen LogP contribution in [-0.2, 0) is 21.3 Å². The van der Waals surface area contributed by atoms with Gasteiger partial charge in [0.25, 0.3) is 0 Å². The Hall–Kier alpha value is -1.89. The van der Waals surface area contributed by atoms with E-state index in [1.54, 1.807) is 12.1 Å². The minimum absolute atomic E-state index is 0.360. The van der Waals surface area contributed by atoms with Crippen molar-refractivity contribution in [3.63, 3.8) is 0 Å². The molecule has 0 atom stereocenters. The smallest absolute Gasteiger partial charge is 0.243 e. The molecular weight excluding hydrogens is 360 g/mol. The molecule has 0 bridgehead atoms. The quantitative estimate of drug-likeness (QED) is 0.761. The third kappa shape index (κ3) is 4.69. The maximum absolute atomic E-state index is 12.9. The van der Waals surface area contributed by atoms with E-state index in [2.05, 4.69) is 43.9 Å². The van der Waals surface area contributed by atoms with Crippen LogP contribution in [0.5, 0.6) is 0 Å². The Morgan fingerprint density at radius 2 is 1.70 bits per heavy atom. The second-order valence-corrected chi connectivity index (χ2v) is 8.96. The van der Waals surface area contributed by atoms with E-state index in [0.717, 1.165) is 17.8 Å². The summed E-state index contributed by atoms with van der Waals surface area (Å²) in [6.45, 7) is 9.57. The van der Waals surface area contributed by atoms with E-state index >= 15 is 0 Å². The number of morpholine rings is 1. The summed E-state index contributed by atoms with van der Waals surface area (Å²) in [6, 6.07) is 13.8. The largest absolute Gasteiger partial charge is 0.379 e. The van der Waals surface area contributed by atoms with E-state index in [9.17, 15) is 8.42 Å². The summed E-state index contributed by atoms with van der Waals surface area (Å²) >= 11 is 0. The molecule has 0 N–H and O–H groups in total. The summed E-state index contributed by atoms with van der Waals surface area (Å²) in [5.41, 5.74) is 4.61. The van der Waals surface area contributed by atoms with Crippen molar-refractivity contribution in [3.05, 3.63) is 59.2 Å². The van der Waals surface area contributed by atoms with Gasteiger partial charge in [0, 0.05) is 31.9 Å². The van der Waals surface area contributed by atoms with Crippen LogP contribution in [0.25, 0.3) is 0 Å². The highest BCUT2D eigenvalue weighted by atomic mass is 32.2. The van der Waals surface area contributed by atoms with Gasteiger partial charge in [0.1, 0.15) is 0 Å². The highest BCUT2D eigenvalue weighted by Crippen LogP contribution is 2.23. The normalized spacial score (nSPS) is 15.7. The molecule has 0 saturated carbocycles. The molecule has 0 spiro atoms. The number of nitrogens with zero attached hydrogens (tertiary/aromatic N) is 2. The zero-order valence-electron chi connectivity index (χ0n) is 16.3. The molecular formula is C21H28N2O3S. The van der Waals surface area contributed by atoms with E-state index in [1.807, 2.05) is 12.1 Å². The van der Waals surface area contributed by atoms with Gasteiger partial charge < -0.3 is 9.64 Å². The molecule has 27 heavy (non-hydrogen) atoms. The third-order valence-electron chi connectivity index (χ3n) is 4.83. The maximum atomic E-state index is 12.9. The molecule has 2 aromatic rings. The van der Waals surface area contributed by atoms with Crippen LogP contribution < -0.4 is 4.90 Å². The molecule has 5 nitrogen and oxygen atoms in total. The first-order valence-corrected chi connectivity index (χ1v) is 10.8. The zero-order chi connectivity index (χ0) is 19.4. The number of anilines is 1. The van der Waals surface area contributed by atoms with E-state index in [4.69, 9.17) is 4.74 Å². The second kappa shape index (κ2) is 8.42. The molecule has 1 heterocycles. The first kappa shape index (κ1) is 19.9. The fourth-order valence-corrected chi connectivity index (χ4v) is 4.96. The molecule has 6 heteroatoms. The monoisotopic (exact) mass is 388 g/mol. The number of benzene rings is 2. The number of aryl methyl sites for hydroxylation is 2. The Balaban J connectivity index is 1.84. The van der Waals surface area contributed by atoms with Crippen LogP contribution in [0.3, 0.4) is 0 Å². The van der Waals surface area contributed by atoms with Crippen molar-refractivity contribution in [2.24, 2.45) is 0 Å². The highest BCUT2D eigenvalue weighted by Gasteiger charge is 2.26. The summed E-state index contributed by atoms with van der Waals surface area (Å²) in [5.74, 6) is 0. The van der Waals surface area contributed by atoms with Gasteiger partial charge in [-0.05, 0) is 61.7 Å².